The molecule has 37 heavy (non-hydrogen) atoms. The van der Waals surface area contributed by atoms with Gasteiger partial charge in [-0.05, 0) is 51.9 Å². The zero-order valence-corrected chi connectivity index (χ0v) is 24.2. The molecule has 1 radical (unpaired) electrons. The molecule has 0 aliphatic rings. The molecule has 0 unspecified atom stereocenters. The van der Waals surface area contributed by atoms with E-state index in [4.69, 9.17) is 25.9 Å². The van der Waals surface area contributed by atoms with Gasteiger partial charge < -0.3 is 18.9 Å². The molecule has 0 rings (SSSR count). The molecule has 0 N–H and O–H groups in total. The second-order valence-electron chi connectivity index (χ2n) is 7.90. The zero-order valence-electron chi connectivity index (χ0n) is 21.6. The summed E-state index contributed by atoms with van der Waals surface area (Å²) in [6.45, 7) is 16.9. The Morgan fingerprint density at radius 2 is 0.676 bits per heavy atom. The topological polar surface area (TPSA) is 121 Å². The Morgan fingerprint density at radius 3 is 0.784 bits per heavy atom. The Labute approximate surface area is 228 Å². The third-order valence-electron chi connectivity index (χ3n) is 4.61. The van der Waals surface area contributed by atoms with Crippen molar-refractivity contribution in [2.75, 3.05) is 39.3 Å². The number of rotatable bonds is 15. The van der Waals surface area contributed by atoms with Gasteiger partial charge in [-0.25, -0.2) is 16.8 Å². The molecule has 8 nitrogen and oxygen atoms in total. The van der Waals surface area contributed by atoms with Crippen molar-refractivity contribution in [2.45, 2.75) is 90.1 Å². The Kier molecular flexibility index (Phi) is 26.8. The van der Waals surface area contributed by atoms with Crippen LogP contribution in [-0.4, -0.2) is 86.0 Å². The van der Waals surface area contributed by atoms with Gasteiger partial charge in [0.15, 0.2) is 20.2 Å². The van der Waals surface area contributed by atoms with Crippen LogP contribution in [0.4, 0.5) is 26.3 Å². The van der Waals surface area contributed by atoms with Crippen LogP contribution < -0.4 is 0 Å². The standard InChI is InChI=1S/C18H40N2.2CHF3O3S.Cu/c1-5-9-13-19(14-10-6-2)17-18-20(15-11-7-3)16-12-8-4;2*2-1(3,4)8(5,6)7;/h5-18H2,1-4H3;2*(H,5,6,7);/q;;;+2/p-2. The van der Waals surface area contributed by atoms with Crippen LogP contribution in [0.3, 0.4) is 0 Å². The van der Waals surface area contributed by atoms with Gasteiger partial charge in [0.1, 0.15) is 0 Å². The monoisotopic (exact) mass is 645 g/mol. The van der Waals surface area contributed by atoms with Crippen molar-refractivity contribution < 1.29 is 69.4 Å². The predicted molar refractivity (Wildman–Crippen MR) is 124 cm³/mol. The van der Waals surface area contributed by atoms with Gasteiger partial charge in [0.05, 0.1) is 0 Å². The summed E-state index contributed by atoms with van der Waals surface area (Å²) in [5.74, 6) is 0. The molecule has 0 heterocycles. The third-order valence-corrected chi connectivity index (χ3v) is 5.74. The molecule has 0 aromatic rings. The average molecular weight is 646 g/mol. The first kappa shape index (κ1) is 43.9. The maximum absolute atomic E-state index is 10.7. The van der Waals surface area contributed by atoms with Gasteiger partial charge in [-0.1, -0.05) is 53.4 Å². The van der Waals surface area contributed by atoms with E-state index in [1.807, 2.05) is 0 Å². The van der Waals surface area contributed by atoms with Crippen LogP contribution in [0.1, 0.15) is 79.1 Å². The first-order valence-electron chi connectivity index (χ1n) is 11.8. The minimum absolute atomic E-state index is 0. The summed E-state index contributed by atoms with van der Waals surface area (Å²) in [6.07, 6.45) is 10.7. The van der Waals surface area contributed by atoms with E-state index in [1.54, 1.807) is 0 Å². The zero-order chi connectivity index (χ0) is 29.1. The molecule has 0 spiro atoms. The van der Waals surface area contributed by atoms with Gasteiger partial charge in [-0.3, -0.25) is 0 Å². The van der Waals surface area contributed by atoms with Gasteiger partial charge in [0.2, 0.25) is 0 Å². The first-order valence-corrected chi connectivity index (χ1v) is 14.6. The van der Waals surface area contributed by atoms with Gasteiger partial charge in [0.25, 0.3) is 0 Å². The fraction of sp³-hybridized carbons (Fsp3) is 1.00. The van der Waals surface area contributed by atoms with Gasteiger partial charge in [-0.15, -0.1) is 0 Å². The molecule has 0 saturated carbocycles. The van der Waals surface area contributed by atoms with Crippen LogP contribution in [-0.2, 0) is 37.3 Å². The van der Waals surface area contributed by atoms with E-state index in [0.717, 1.165) is 0 Å². The molecule has 0 aliphatic carbocycles. The second kappa shape index (κ2) is 22.6. The summed E-state index contributed by atoms with van der Waals surface area (Å²) in [5, 5.41) is 0. The molecule has 0 aromatic carbocycles. The molecule has 0 atom stereocenters. The van der Waals surface area contributed by atoms with Gasteiger partial charge in [-0.2, -0.15) is 26.3 Å². The van der Waals surface area contributed by atoms with Gasteiger partial charge in [0, 0.05) is 13.1 Å². The van der Waals surface area contributed by atoms with Crippen LogP contribution in [0.25, 0.3) is 0 Å². The largest absolute Gasteiger partial charge is 2.00 e. The van der Waals surface area contributed by atoms with E-state index in [0.29, 0.717) is 0 Å². The Morgan fingerprint density at radius 1 is 0.514 bits per heavy atom. The molecule has 231 valence electrons. The molecule has 0 aromatic heterocycles. The van der Waals surface area contributed by atoms with Crippen molar-refractivity contribution in [3.8, 4) is 0 Å². The van der Waals surface area contributed by atoms with Crippen molar-refractivity contribution in [3.05, 3.63) is 0 Å². The maximum atomic E-state index is 10.7. The van der Waals surface area contributed by atoms with Gasteiger partial charge >= 0.3 is 28.1 Å². The van der Waals surface area contributed by atoms with E-state index in [-0.39, 0.29) is 17.1 Å². The summed E-state index contributed by atoms with van der Waals surface area (Å²) in [6, 6.07) is 0. The van der Waals surface area contributed by atoms with E-state index in [2.05, 4.69) is 37.5 Å². The quantitative estimate of drug-likeness (QED) is 0.107. The predicted octanol–water partition coefficient (Wildman–Crippen LogP) is 4.89. The van der Waals surface area contributed by atoms with Crippen molar-refractivity contribution in [3.63, 3.8) is 0 Å². The summed E-state index contributed by atoms with van der Waals surface area (Å²) >= 11 is 0. The smallest absolute Gasteiger partial charge is 0.741 e. The summed E-state index contributed by atoms with van der Waals surface area (Å²) in [7, 11) is -12.2. The van der Waals surface area contributed by atoms with Crippen LogP contribution >= 0.6 is 0 Å². The fourth-order valence-corrected chi connectivity index (χ4v) is 2.48. The number of halogens is 6. The maximum Gasteiger partial charge on any atom is 2.00 e. The van der Waals surface area contributed by atoms with Crippen LogP contribution in [0.15, 0.2) is 0 Å². The molecule has 0 bridgehead atoms. The number of unbranched alkanes of at least 4 members (excludes halogenated alkanes) is 4. The molecule has 0 amide bonds. The minimum Gasteiger partial charge on any atom is -0.741 e. The second-order valence-corrected chi connectivity index (χ2v) is 10.6. The molecule has 0 fully saturated rings. The number of nitrogens with zero attached hydrogens (tertiary/aromatic N) is 2. The van der Waals surface area contributed by atoms with Crippen molar-refractivity contribution in [1.82, 2.24) is 9.80 Å². The van der Waals surface area contributed by atoms with Crippen LogP contribution in [0.2, 0.25) is 0 Å². The van der Waals surface area contributed by atoms with E-state index in [9.17, 15) is 26.3 Å². The molecule has 0 aliphatic heterocycles. The van der Waals surface area contributed by atoms with E-state index < -0.39 is 31.3 Å². The Hall–Kier alpha value is -0.161. The first-order chi connectivity index (χ1) is 16.3. The summed E-state index contributed by atoms with van der Waals surface area (Å²) in [5.41, 5.74) is -11.3. The van der Waals surface area contributed by atoms with Crippen LogP contribution in [0, 0.1) is 0 Å². The van der Waals surface area contributed by atoms with Crippen molar-refractivity contribution in [1.29, 1.82) is 0 Å². The molecular weight excluding hydrogens is 606 g/mol. The van der Waals surface area contributed by atoms with Crippen LogP contribution in [0.5, 0.6) is 0 Å². The SMILES string of the molecule is CCCCN(CCCC)CCN(CCCC)CCCC.O=S(=O)([O-])C(F)(F)F.O=S(=O)([O-])C(F)(F)F.[Cu+2]. The van der Waals surface area contributed by atoms with Crippen molar-refractivity contribution in [2.24, 2.45) is 0 Å². The van der Waals surface area contributed by atoms with E-state index >= 15 is 0 Å². The minimum atomic E-state index is -6.09. The summed E-state index contributed by atoms with van der Waals surface area (Å²) in [4.78, 5) is 5.38. The number of alkyl halides is 6. The molecule has 0 saturated heterocycles. The number of hydrogen-bond acceptors (Lipinski definition) is 8. The average Bonchev–Trinajstić information content (AvgIpc) is 2.72. The molecular formula is C20H40CuF6N2O6S2. The normalized spacial score (nSPS) is 12.4. The Balaban J connectivity index is -0.000000264. The molecule has 17 heteroatoms. The summed E-state index contributed by atoms with van der Waals surface area (Å²) < 4.78 is 118. The third kappa shape index (κ3) is 27.2. The number of hydrogen-bond donors (Lipinski definition) is 0. The fourth-order valence-electron chi connectivity index (χ4n) is 2.48. The van der Waals surface area contributed by atoms with E-state index in [1.165, 1.54) is 90.6 Å². The van der Waals surface area contributed by atoms with Crippen molar-refractivity contribution >= 4 is 20.2 Å². The Bertz CT molecular complexity index is 661.